The van der Waals surface area contributed by atoms with Crippen molar-refractivity contribution in [2.24, 2.45) is 0 Å². The molecule has 2 amide bonds. The lowest BCUT2D eigenvalue weighted by Crippen LogP contribution is -2.53. The molecule has 0 bridgehead atoms. The number of nitrogens with one attached hydrogen (secondary N) is 1. The van der Waals surface area contributed by atoms with Gasteiger partial charge in [0.2, 0.25) is 11.8 Å². The summed E-state index contributed by atoms with van der Waals surface area (Å²) < 4.78 is 29.3. The lowest BCUT2D eigenvalue weighted by Gasteiger charge is -2.34. The molecular formula is C31H37Cl2N3O4S. The standard InChI is InChI=1S/C31H37Cl2N3O4S/c1-7-28(31(38)34-20(2)3)35(18-25-26(32)11-9-12-27(25)33)30(37)19-36(29-13-8-10-22(5)23(29)6)41(39,40)24-16-14-21(4)15-17-24/h8-17,20,28H,7,18-19H2,1-6H3,(H,34,38)/t28-/m0/s1. The van der Waals surface area contributed by atoms with Crippen molar-refractivity contribution in [3.63, 3.8) is 0 Å². The molecule has 10 heteroatoms. The first-order valence-corrected chi connectivity index (χ1v) is 15.7. The Bertz CT molecular complexity index is 1490. The van der Waals surface area contributed by atoms with Crippen LogP contribution >= 0.6 is 23.2 Å². The van der Waals surface area contributed by atoms with E-state index in [0.29, 0.717) is 27.7 Å². The second-order valence-electron chi connectivity index (χ2n) is 10.4. The number of sulfonamides is 1. The first-order valence-electron chi connectivity index (χ1n) is 13.5. The number of halogens is 2. The Kier molecular flexibility index (Phi) is 10.9. The molecule has 0 fully saturated rings. The molecule has 0 unspecified atom stereocenters. The van der Waals surface area contributed by atoms with Gasteiger partial charge in [0.05, 0.1) is 10.6 Å². The highest BCUT2D eigenvalue weighted by atomic mass is 35.5. The van der Waals surface area contributed by atoms with Gasteiger partial charge in [-0.3, -0.25) is 13.9 Å². The maximum Gasteiger partial charge on any atom is 0.264 e. The van der Waals surface area contributed by atoms with Crippen LogP contribution in [0.1, 0.15) is 49.4 Å². The van der Waals surface area contributed by atoms with Gasteiger partial charge >= 0.3 is 0 Å². The van der Waals surface area contributed by atoms with Gasteiger partial charge in [-0.25, -0.2) is 8.42 Å². The van der Waals surface area contributed by atoms with Gasteiger partial charge < -0.3 is 10.2 Å². The quantitative estimate of drug-likeness (QED) is 0.268. The van der Waals surface area contributed by atoms with Crippen molar-refractivity contribution in [1.82, 2.24) is 10.2 Å². The van der Waals surface area contributed by atoms with Crippen molar-refractivity contribution < 1.29 is 18.0 Å². The van der Waals surface area contributed by atoms with Gasteiger partial charge in [0.15, 0.2) is 0 Å². The van der Waals surface area contributed by atoms with E-state index in [9.17, 15) is 18.0 Å². The molecule has 0 spiro atoms. The number of hydrogen-bond acceptors (Lipinski definition) is 4. The molecule has 0 saturated carbocycles. The Balaban J connectivity index is 2.15. The summed E-state index contributed by atoms with van der Waals surface area (Å²) in [4.78, 5) is 28.9. The molecule has 3 rings (SSSR count). The zero-order chi connectivity index (χ0) is 30.5. The van der Waals surface area contributed by atoms with Crippen LogP contribution in [0.4, 0.5) is 5.69 Å². The number of hydrogen-bond donors (Lipinski definition) is 1. The predicted molar refractivity (Wildman–Crippen MR) is 166 cm³/mol. The molecule has 220 valence electrons. The summed E-state index contributed by atoms with van der Waals surface area (Å²) in [5.41, 5.74) is 3.36. The number of rotatable bonds is 11. The molecule has 3 aromatic rings. The Morgan fingerprint density at radius 1 is 0.902 bits per heavy atom. The van der Waals surface area contributed by atoms with Gasteiger partial charge in [-0.2, -0.15) is 0 Å². The second-order valence-corrected chi connectivity index (χ2v) is 13.0. The molecule has 0 aromatic heterocycles. The number of benzene rings is 3. The number of anilines is 1. The number of carbonyl (C=O) groups is 2. The minimum Gasteiger partial charge on any atom is -0.352 e. The summed E-state index contributed by atoms with van der Waals surface area (Å²) in [5.74, 6) is -0.915. The lowest BCUT2D eigenvalue weighted by molar-refractivity contribution is -0.140. The topological polar surface area (TPSA) is 86.8 Å². The van der Waals surface area contributed by atoms with Crippen molar-refractivity contribution in [1.29, 1.82) is 0 Å². The fourth-order valence-electron chi connectivity index (χ4n) is 4.51. The van der Waals surface area contributed by atoms with E-state index in [1.165, 1.54) is 17.0 Å². The Morgan fingerprint density at radius 2 is 1.49 bits per heavy atom. The van der Waals surface area contributed by atoms with Crippen molar-refractivity contribution in [2.45, 2.75) is 71.5 Å². The predicted octanol–water partition coefficient (Wildman–Crippen LogP) is 6.45. The summed E-state index contributed by atoms with van der Waals surface area (Å²) in [6.45, 7) is 10.4. The molecule has 0 aliphatic heterocycles. The lowest BCUT2D eigenvalue weighted by atomic mass is 10.1. The third-order valence-electron chi connectivity index (χ3n) is 6.94. The highest BCUT2D eigenvalue weighted by Gasteiger charge is 2.35. The summed E-state index contributed by atoms with van der Waals surface area (Å²) in [5, 5.41) is 3.56. The van der Waals surface area contributed by atoms with Crippen LogP contribution in [0.3, 0.4) is 0 Å². The van der Waals surface area contributed by atoms with Gasteiger partial charge in [-0.1, -0.05) is 66.0 Å². The van der Waals surface area contributed by atoms with Gasteiger partial charge in [0.25, 0.3) is 10.0 Å². The molecule has 0 saturated heterocycles. The average Bonchev–Trinajstić information content (AvgIpc) is 2.90. The van der Waals surface area contributed by atoms with E-state index in [-0.39, 0.29) is 23.4 Å². The molecule has 0 aliphatic rings. The summed E-state index contributed by atoms with van der Waals surface area (Å²) >= 11 is 12.9. The van der Waals surface area contributed by atoms with E-state index in [2.05, 4.69) is 5.32 Å². The maximum atomic E-state index is 14.2. The molecule has 7 nitrogen and oxygen atoms in total. The summed E-state index contributed by atoms with van der Waals surface area (Å²) in [6, 6.07) is 15.8. The molecule has 0 heterocycles. The van der Waals surface area contributed by atoms with E-state index in [0.717, 1.165) is 21.0 Å². The molecule has 0 radical (unpaired) electrons. The SMILES string of the molecule is CC[C@@H](C(=O)NC(C)C)N(Cc1c(Cl)cccc1Cl)C(=O)CN(c1cccc(C)c1C)S(=O)(=O)c1ccc(C)cc1. The summed E-state index contributed by atoms with van der Waals surface area (Å²) in [6.07, 6.45) is 0.292. The average molecular weight is 619 g/mol. The van der Waals surface area contributed by atoms with E-state index in [4.69, 9.17) is 23.2 Å². The van der Waals surface area contributed by atoms with Crippen molar-refractivity contribution in [2.75, 3.05) is 10.8 Å². The maximum absolute atomic E-state index is 14.2. The van der Waals surface area contributed by atoms with Crippen LogP contribution in [-0.2, 0) is 26.2 Å². The molecule has 1 atom stereocenters. The Morgan fingerprint density at radius 3 is 2.05 bits per heavy atom. The van der Waals surface area contributed by atoms with Gasteiger partial charge in [0, 0.05) is 28.2 Å². The van der Waals surface area contributed by atoms with Crippen molar-refractivity contribution in [3.8, 4) is 0 Å². The molecule has 1 N–H and O–H groups in total. The van der Waals surface area contributed by atoms with Crippen molar-refractivity contribution in [3.05, 3.63) is 93.0 Å². The first kappa shape index (κ1) is 32.4. The number of amides is 2. The van der Waals surface area contributed by atoms with E-state index < -0.39 is 28.5 Å². The monoisotopic (exact) mass is 617 g/mol. The fraction of sp³-hybridized carbons (Fsp3) is 0.355. The van der Waals surface area contributed by atoms with Crippen LogP contribution in [0.5, 0.6) is 0 Å². The Labute approximate surface area is 253 Å². The van der Waals surface area contributed by atoms with E-state index in [1.54, 1.807) is 49.4 Å². The normalized spacial score (nSPS) is 12.2. The van der Waals surface area contributed by atoms with Crippen LogP contribution in [-0.4, -0.2) is 43.8 Å². The van der Waals surface area contributed by atoms with Crippen LogP contribution in [0.15, 0.2) is 65.6 Å². The van der Waals surface area contributed by atoms with Crippen LogP contribution < -0.4 is 9.62 Å². The minimum atomic E-state index is -4.17. The van der Waals surface area contributed by atoms with Gasteiger partial charge in [-0.05, 0) is 82.5 Å². The van der Waals surface area contributed by atoms with Crippen molar-refractivity contribution >= 4 is 50.7 Å². The van der Waals surface area contributed by atoms with E-state index in [1.807, 2.05) is 40.7 Å². The van der Waals surface area contributed by atoms with E-state index >= 15 is 0 Å². The highest BCUT2D eigenvalue weighted by molar-refractivity contribution is 7.92. The van der Waals surface area contributed by atoms with Gasteiger partial charge in [-0.15, -0.1) is 0 Å². The smallest absolute Gasteiger partial charge is 0.264 e. The largest absolute Gasteiger partial charge is 0.352 e. The Hall–Kier alpha value is -3.07. The van der Waals surface area contributed by atoms with Crippen LogP contribution in [0.25, 0.3) is 0 Å². The number of carbonyl (C=O) groups excluding carboxylic acids is 2. The fourth-order valence-corrected chi connectivity index (χ4v) is 6.50. The van der Waals surface area contributed by atoms with Gasteiger partial charge in [0.1, 0.15) is 12.6 Å². The van der Waals surface area contributed by atoms with Crippen LogP contribution in [0, 0.1) is 20.8 Å². The molecule has 3 aromatic carbocycles. The molecule has 0 aliphatic carbocycles. The second kappa shape index (κ2) is 13.7. The third kappa shape index (κ3) is 7.61. The summed E-state index contributed by atoms with van der Waals surface area (Å²) in [7, 11) is -4.17. The molecular weight excluding hydrogens is 581 g/mol. The number of nitrogens with zero attached hydrogens (tertiary/aromatic N) is 2. The molecule has 41 heavy (non-hydrogen) atoms. The number of aryl methyl sites for hydroxylation is 2. The third-order valence-corrected chi connectivity index (χ3v) is 9.42. The zero-order valence-corrected chi connectivity index (χ0v) is 26.6. The first-order chi connectivity index (χ1) is 19.3. The van der Waals surface area contributed by atoms with Crippen LogP contribution in [0.2, 0.25) is 10.0 Å². The zero-order valence-electron chi connectivity index (χ0n) is 24.2. The highest BCUT2D eigenvalue weighted by Crippen LogP contribution is 2.31. The minimum absolute atomic E-state index is 0.0575.